The van der Waals surface area contributed by atoms with E-state index in [0.717, 1.165) is 12.8 Å². The van der Waals surface area contributed by atoms with E-state index in [2.05, 4.69) is 12.2 Å². The van der Waals surface area contributed by atoms with E-state index in [-0.39, 0.29) is 5.92 Å². The number of rotatable bonds is 1. The Kier molecular flexibility index (Phi) is 1.10. The molecule has 1 fully saturated rings. The van der Waals surface area contributed by atoms with Crippen LogP contribution in [0.2, 0.25) is 0 Å². The van der Waals surface area contributed by atoms with Crippen molar-refractivity contribution in [3.63, 3.8) is 0 Å². The van der Waals surface area contributed by atoms with Crippen molar-refractivity contribution >= 4 is 5.97 Å². The molecule has 0 heterocycles. The Hall–Kier alpha value is -0.790. The first-order chi connectivity index (χ1) is 4.80. The summed E-state index contributed by atoms with van der Waals surface area (Å²) in [7, 11) is 0. The molecular weight excluding hydrogens is 128 g/mol. The standard InChI is InChI=1S/C8H10O2/c9-8(10)7-5-3-1-2-4-6(5)7/h1-2,5-7H,3-4H2,(H,9,10)/t5-,6-/m1/s1. The maximum atomic E-state index is 10.5. The van der Waals surface area contributed by atoms with Crippen molar-refractivity contribution in [3.05, 3.63) is 12.2 Å². The molecule has 0 spiro atoms. The second-order valence-corrected chi connectivity index (χ2v) is 3.13. The lowest BCUT2D eigenvalue weighted by molar-refractivity contribution is -0.139. The van der Waals surface area contributed by atoms with Gasteiger partial charge in [-0.15, -0.1) is 0 Å². The quantitative estimate of drug-likeness (QED) is 0.554. The second-order valence-electron chi connectivity index (χ2n) is 3.13. The highest BCUT2D eigenvalue weighted by Crippen LogP contribution is 2.53. The molecule has 0 bridgehead atoms. The van der Waals surface area contributed by atoms with Gasteiger partial charge in [-0.05, 0) is 24.7 Å². The van der Waals surface area contributed by atoms with Crippen LogP contribution in [0.25, 0.3) is 0 Å². The van der Waals surface area contributed by atoms with Crippen molar-refractivity contribution in [2.24, 2.45) is 17.8 Å². The average molecular weight is 138 g/mol. The summed E-state index contributed by atoms with van der Waals surface area (Å²) >= 11 is 0. The molecule has 0 aromatic rings. The molecule has 0 aromatic heterocycles. The lowest BCUT2D eigenvalue weighted by Crippen LogP contribution is -1.99. The van der Waals surface area contributed by atoms with Crippen molar-refractivity contribution in [1.82, 2.24) is 0 Å². The highest BCUT2D eigenvalue weighted by molar-refractivity contribution is 5.74. The molecule has 1 N–H and O–H groups in total. The number of aliphatic carboxylic acids is 1. The van der Waals surface area contributed by atoms with Crippen LogP contribution in [-0.2, 0) is 4.79 Å². The number of hydrogen-bond acceptors (Lipinski definition) is 1. The molecule has 0 radical (unpaired) electrons. The summed E-state index contributed by atoms with van der Waals surface area (Å²) in [6.07, 6.45) is 6.18. The van der Waals surface area contributed by atoms with Gasteiger partial charge in [0.2, 0.25) is 0 Å². The second kappa shape index (κ2) is 1.84. The van der Waals surface area contributed by atoms with E-state index in [4.69, 9.17) is 5.11 Å². The van der Waals surface area contributed by atoms with Crippen LogP contribution < -0.4 is 0 Å². The van der Waals surface area contributed by atoms with Gasteiger partial charge >= 0.3 is 5.97 Å². The third-order valence-electron chi connectivity index (χ3n) is 2.60. The van der Waals surface area contributed by atoms with E-state index in [1.54, 1.807) is 0 Å². The summed E-state index contributed by atoms with van der Waals surface area (Å²) in [6.45, 7) is 0. The van der Waals surface area contributed by atoms with Gasteiger partial charge in [-0.3, -0.25) is 4.79 Å². The summed E-state index contributed by atoms with van der Waals surface area (Å²) in [5, 5.41) is 8.66. The minimum absolute atomic E-state index is 0.0185. The van der Waals surface area contributed by atoms with Crippen LogP contribution in [0.15, 0.2) is 12.2 Å². The van der Waals surface area contributed by atoms with E-state index in [9.17, 15) is 4.79 Å². The Labute approximate surface area is 59.5 Å². The summed E-state index contributed by atoms with van der Waals surface area (Å²) in [4.78, 5) is 10.5. The smallest absolute Gasteiger partial charge is 0.307 e. The summed E-state index contributed by atoms with van der Waals surface area (Å²) in [6, 6.07) is 0. The van der Waals surface area contributed by atoms with E-state index in [1.165, 1.54) is 0 Å². The van der Waals surface area contributed by atoms with E-state index in [0.29, 0.717) is 11.8 Å². The predicted octanol–water partition coefficient (Wildman–Crippen LogP) is 1.28. The molecule has 2 atom stereocenters. The molecule has 2 heteroatoms. The van der Waals surface area contributed by atoms with Crippen molar-refractivity contribution in [2.45, 2.75) is 12.8 Å². The molecule has 1 saturated carbocycles. The Balaban J connectivity index is 2.04. The molecule has 0 amide bonds. The Morgan fingerprint density at radius 2 is 1.80 bits per heavy atom. The molecule has 2 rings (SSSR count). The highest BCUT2D eigenvalue weighted by Gasteiger charge is 2.54. The fraction of sp³-hybridized carbons (Fsp3) is 0.625. The number of carboxylic acid groups (broad SMARTS) is 1. The number of allylic oxidation sites excluding steroid dienone is 2. The van der Waals surface area contributed by atoms with Gasteiger partial charge in [0, 0.05) is 0 Å². The molecule has 2 aliphatic carbocycles. The molecule has 0 aliphatic heterocycles. The van der Waals surface area contributed by atoms with Gasteiger partial charge in [0.25, 0.3) is 0 Å². The van der Waals surface area contributed by atoms with Crippen LogP contribution in [0, 0.1) is 17.8 Å². The highest BCUT2D eigenvalue weighted by atomic mass is 16.4. The topological polar surface area (TPSA) is 37.3 Å². The average Bonchev–Trinajstić information content (AvgIpc) is 2.60. The number of carboxylic acids is 1. The summed E-state index contributed by atoms with van der Waals surface area (Å²) in [5.74, 6) is 0.332. The van der Waals surface area contributed by atoms with Crippen LogP contribution in [0.4, 0.5) is 0 Å². The van der Waals surface area contributed by atoms with E-state index < -0.39 is 5.97 Å². The molecule has 2 nitrogen and oxygen atoms in total. The maximum absolute atomic E-state index is 10.5. The lowest BCUT2D eigenvalue weighted by Gasteiger charge is -1.96. The lowest BCUT2D eigenvalue weighted by atomic mass is 10.1. The van der Waals surface area contributed by atoms with Gasteiger partial charge in [0.05, 0.1) is 5.92 Å². The minimum Gasteiger partial charge on any atom is -0.481 e. The predicted molar refractivity (Wildman–Crippen MR) is 36.5 cm³/mol. The normalized spacial score (nSPS) is 42.6. The van der Waals surface area contributed by atoms with E-state index in [1.807, 2.05) is 0 Å². The molecule has 10 heavy (non-hydrogen) atoms. The van der Waals surface area contributed by atoms with Gasteiger partial charge in [0.15, 0.2) is 0 Å². The van der Waals surface area contributed by atoms with E-state index >= 15 is 0 Å². The Bertz CT molecular complexity index is 181. The monoisotopic (exact) mass is 138 g/mol. The third kappa shape index (κ3) is 0.681. The largest absolute Gasteiger partial charge is 0.481 e. The summed E-state index contributed by atoms with van der Waals surface area (Å²) < 4.78 is 0. The molecular formula is C8H10O2. The number of fused-ring (bicyclic) bond motifs is 1. The van der Waals surface area contributed by atoms with Crippen LogP contribution in [0.5, 0.6) is 0 Å². The fourth-order valence-corrected chi connectivity index (χ4v) is 1.96. The minimum atomic E-state index is -0.598. The Morgan fingerprint density at radius 3 is 2.20 bits per heavy atom. The van der Waals surface area contributed by atoms with Crippen LogP contribution in [0.3, 0.4) is 0 Å². The molecule has 0 unspecified atom stereocenters. The van der Waals surface area contributed by atoms with Crippen molar-refractivity contribution in [3.8, 4) is 0 Å². The van der Waals surface area contributed by atoms with Gasteiger partial charge in [-0.25, -0.2) is 0 Å². The molecule has 54 valence electrons. The first kappa shape index (κ1) is 5.96. The SMILES string of the molecule is O=C(O)C1[C@@H]2CC=CC[C@@H]12. The van der Waals surface area contributed by atoms with Crippen LogP contribution in [-0.4, -0.2) is 11.1 Å². The van der Waals surface area contributed by atoms with Gasteiger partial charge in [0.1, 0.15) is 0 Å². The van der Waals surface area contributed by atoms with Crippen molar-refractivity contribution in [2.75, 3.05) is 0 Å². The van der Waals surface area contributed by atoms with Crippen molar-refractivity contribution < 1.29 is 9.90 Å². The zero-order valence-electron chi connectivity index (χ0n) is 5.66. The first-order valence-electron chi connectivity index (χ1n) is 3.68. The van der Waals surface area contributed by atoms with Gasteiger partial charge in [-0.1, -0.05) is 12.2 Å². The van der Waals surface area contributed by atoms with Crippen molar-refractivity contribution in [1.29, 1.82) is 0 Å². The zero-order valence-corrected chi connectivity index (χ0v) is 5.66. The molecule has 0 aromatic carbocycles. The first-order valence-corrected chi connectivity index (χ1v) is 3.68. The fourth-order valence-electron chi connectivity index (χ4n) is 1.96. The van der Waals surface area contributed by atoms with Crippen LogP contribution in [0.1, 0.15) is 12.8 Å². The number of hydrogen-bond donors (Lipinski definition) is 1. The summed E-state index contributed by atoms with van der Waals surface area (Å²) in [5.41, 5.74) is 0. The van der Waals surface area contributed by atoms with Gasteiger partial charge in [-0.2, -0.15) is 0 Å². The maximum Gasteiger partial charge on any atom is 0.307 e. The van der Waals surface area contributed by atoms with Gasteiger partial charge < -0.3 is 5.11 Å². The molecule has 0 saturated heterocycles. The molecule has 2 aliphatic rings. The Morgan fingerprint density at radius 1 is 1.30 bits per heavy atom. The number of carbonyl (C=O) groups is 1. The zero-order chi connectivity index (χ0) is 7.14. The third-order valence-corrected chi connectivity index (χ3v) is 2.60. The van der Waals surface area contributed by atoms with Crippen LogP contribution >= 0.6 is 0 Å².